The van der Waals surface area contributed by atoms with Crippen LogP contribution >= 0.6 is 0 Å². The van der Waals surface area contributed by atoms with Gasteiger partial charge in [-0.05, 0) is 23.3 Å². The van der Waals surface area contributed by atoms with E-state index in [9.17, 15) is 0 Å². The van der Waals surface area contributed by atoms with E-state index in [4.69, 9.17) is 18.1 Å². The summed E-state index contributed by atoms with van der Waals surface area (Å²) in [6.07, 6.45) is 0.979. The van der Waals surface area contributed by atoms with Gasteiger partial charge in [0, 0.05) is 17.6 Å². The molecule has 0 atom stereocenters. The largest absolute Gasteiger partial charge is 0.457 e. The van der Waals surface area contributed by atoms with Gasteiger partial charge in [-0.2, -0.15) is 4.21 Å². The van der Waals surface area contributed by atoms with Gasteiger partial charge in [0.1, 0.15) is 11.5 Å². The number of ether oxygens (including phenoxy) is 1. The van der Waals surface area contributed by atoms with Gasteiger partial charge in [0.15, 0.2) is 0 Å². The maximum Gasteiger partial charge on any atom is 0.263 e. The Bertz CT molecular complexity index is 585. The van der Waals surface area contributed by atoms with Gasteiger partial charge >= 0.3 is 0 Å². The van der Waals surface area contributed by atoms with Gasteiger partial charge in [0.25, 0.3) is 9.05 Å². The SMILES string of the molecule is O=S(O)(O)=S.c1ccc2c(c1)Cc1ccccc1O2. The van der Waals surface area contributed by atoms with Crippen molar-refractivity contribution in [1.82, 2.24) is 0 Å². The minimum atomic E-state index is -3.83. The lowest BCUT2D eigenvalue weighted by atomic mass is 10.0. The van der Waals surface area contributed by atoms with Gasteiger partial charge in [-0.15, -0.1) is 0 Å². The molecule has 0 bridgehead atoms. The Hall–Kier alpha value is -1.47. The summed E-state index contributed by atoms with van der Waals surface area (Å²) in [4.78, 5) is 0. The fourth-order valence-corrected chi connectivity index (χ4v) is 1.82. The van der Waals surface area contributed by atoms with Gasteiger partial charge in [-0.3, -0.25) is 9.11 Å². The second kappa shape index (κ2) is 5.66. The first-order valence-corrected chi connectivity index (χ1v) is 7.87. The normalized spacial score (nSPS) is 12.3. The Morgan fingerprint density at radius 3 is 1.74 bits per heavy atom. The molecule has 0 spiro atoms. The Balaban J connectivity index is 0.000000232. The van der Waals surface area contributed by atoms with Crippen LogP contribution in [0, 0.1) is 0 Å². The molecule has 2 aromatic carbocycles. The van der Waals surface area contributed by atoms with Crippen LogP contribution in [0.3, 0.4) is 0 Å². The van der Waals surface area contributed by atoms with Gasteiger partial charge in [0.05, 0.1) is 0 Å². The molecule has 0 saturated heterocycles. The molecule has 4 nitrogen and oxygen atoms in total. The molecule has 2 aromatic rings. The Labute approximate surface area is 116 Å². The average Bonchev–Trinajstić information content (AvgIpc) is 2.34. The molecule has 0 unspecified atom stereocenters. The standard InChI is InChI=1S/C13H10O.H2O3S2/c1-3-7-12-10(5-1)9-11-6-2-4-8-13(11)14-12;1-5(2,3)4/h1-8H,9H2;(H2,1,2,3,4). The molecule has 0 radical (unpaired) electrons. The first kappa shape index (κ1) is 14.0. The van der Waals surface area contributed by atoms with Crippen LogP contribution in [-0.4, -0.2) is 13.3 Å². The van der Waals surface area contributed by atoms with Crippen molar-refractivity contribution in [2.75, 3.05) is 0 Å². The monoisotopic (exact) mass is 296 g/mol. The summed E-state index contributed by atoms with van der Waals surface area (Å²) < 4.78 is 29.7. The molecule has 2 N–H and O–H groups in total. The van der Waals surface area contributed by atoms with E-state index < -0.39 is 9.05 Å². The first-order valence-electron chi connectivity index (χ1n) is 5.47. The zero-order chi connectivity index (χ0) is 13.9. The van der Waals surface area contributed by atoms with Crippen molar-refractivity contribution in [1.29, 1.82) is 0 Å². The molecular weight excluding hydrogens is 284 g/mol. The quantitative estimate of drug-likeness (QED) is 0.667. The maximum absolute atomic E-state index is 9.11. The van der Waals surface area contributed by atoms with Crippen molar-refractivity contribution >= 4 is 20.2 Å². The van der Waals surface area contributed by atoms with Gasteiger partial charge in [-0.1, -0.05) is 36.4 Å². The molecule has 0 fully saturated rings. The highest BCUT2D eigenvalue weighted by Gasteiger charge is 2.14. The summed E-state index contributed by atoms with van der Waals surface area (Å²) in [5.41, 5.74) is 2.54. The lowest BCUT2D eigenvalue weighted by Crippen LogP contribution is -2.01. The van der Waals surface area contributed by atoms with Crippen molar-refractivity contribution < 1.29 is 18.1 Å². The fourth-order valence-electron chi connectivity index (χ4n) is 1.82. The van der Waals surface area contributed by atoms with E-state index in [0.717, 1.165) is 17.9 Å². The molecule has 3 rings (SSSR count). The van der Waals surface area contributed by atoms with Crippen LogP contribution < -0.4 is 4.74 Å². The van der Waals surface area contributed by atoms with Crippen molar-refractivity contribution in [3.63, 3.8) is 0 Å². The average molecular weight is 296 g/mol. The van der Waals surface area contributed by atoms with E-state index in [0.29, 0.717) is 0 Å². The van der Waals surface area contributed by atoms with Crippen LogP contribution in [0.1, 0.15) is 11.1 Å². The highest BCUT2D eigenvalue weighted by atomic mass is 32.9. The molecule has 0 aromatic heterocycles. The minimum absolute atomic E-state index is 0.979. The molecule has 19 heavy (non-hydrogen) atoms. The van der Waals surface area contributed by atoms with E-state index in [1.807, 2.05) is 24.3 Å². The van der Waals surface area contributed by atoms with E-state index in [2.05, 4.69) is 35.5 Å². The van der Waals surface area contributed by atoms with E-state index in [1.54, 1.807) is 0 Å². The number of fused-ring (bicyclic) bond motifs is 2. The van der Waals surface area contributed by atoms with Crippen LogP contribution in [0.2, 0.25) is 0 Å². The smallest absolute Gasteiger partial charge is 0.263 e. The summed E-state index contributed by atoms with van der Waals surface area (Å²) in [6.45, 7) is 0. The van der Waals surface area contributed by atoms with Crippen LogP contribution in [0.4, 0.5) is 0 Å². The van der Waals surface area contributed by atoms with Crippen molar-refractivity contribution in [2.24, 2.45) is 0 Å². The third-order valence-corrected chi connectivity index (χ3v) is 2.55. The molecule has 0 amide bonds. The summed E-state index contributed by atoms with van der Waals surface area (Å²) in [6, 6.07) is 16.4. The van der Waals surface area contributed by atoms with Crippen molar-refractivity contribution in [2.45, 2.75) is 6.42 Å². The van der Waals surface area contributed by atoms with Crippen molar-refractivity contribution in [3.8, 4) is 11.5 Å². The summed E-state index contributed by atoms with van der Waals surface area (Å²) in [5, 5.41) is 0. The maximum atomic E-state index is 9.11. The Morgan fingerprint density at radius 2 is 1.32 bits per heavy atom. The lowest BCUT2D eigenvalue weighted by molar-refractivity contribution is 0.450. The molecule has 1 aliphatic heterocycles. The third-order valence-electron chi connectivity index (χ3n) is 2.55. The Morgan fingerprint density at radius 1 is 0.947 bits per heavy atom. The van der Waals surface area contributed by atoms with Gasteiger partial charge in [-0.25, -0.2) is 0 Å². The predicted octanol–water partition coefficient (Wildman–Crippen LogP) is 3.06. The van der Waals surface area contributed by atoms with Crippen LogP contribution in [0.5, 0.6) is 11.5 Å². The van der Waals surface area contributed by atoms with E-state index in [1.165, 1.54) is 11.1 Å². The van der Waals surface area contributed by atoms with Crippen LogP contribution in [-0.2, 0) is 26.7 Å². The second-order valence-corrected chi connectivity index (χ2v) is 6.14. The highest BCUT2D eigenvalue weighted by Crippen LogP contribution is 2.35. The van der Waals surface area contributed by atoms with Crippen molar-refractivity contribution in [3.05, 3.63) is 59.7 Å². The number of hydrogen-bond donors (Lipinski definition) is 2. The predicted molar refractivity (Wildman–Crippen MR) is 76.5 cm³/mol. The summed E-state index contributed by atoms with van der Waals surface area (Å²) >= 11 is 3.47. The topological polar surface area (TPSA) is 66.8 Å². The van der Waals surface area contributed by atoms with E-state index in [-0.39, 0.29) is 0 Å². The zero-order valence-corrected chi connectivity index (χ0v) is 11.5. The molecule has 1 heterocycles. The summed E-state index contributed by atoms with van der Waals surface area (Å²) in [5.74, 6) is 1.98. The number of rotatable bonds is 0. The van der Waals surface area contributed by atoms with Crippen LogP contribution in [0.15, 0.2) is 48.5 Å². The fraction of sp³-hybridized carbons (Fsp3) is 0.0769. The van der Waals surface area contributed by atoms with Crippen LogP contribution in [0.25, 0.3) is 0 Å². The summed E-state index contributed by atoms with van der Waals surface area (Å²) in [7, 11) is -3.83. The lowest BCUT2D eigenvalue weighted by Gasteiger charge is -2.19. The third kappa shape index (κ3) is 4.29. The number of para-hydroxylation sites is 2. The minimum Gasteiger partial charge on any atom is -0.457 e. The molecule has 0 saturated carbocycles. The number of hydrogen-bond acceptors (Lipinski definition) is 3. The molecule has 100 valence electrons. The Kier molecular flexibility index (Phi) is 4.16. The second-order valence-electron chi connectivity index (χ2n) is 3.94. The zero-order valence-electron chi connectivity index (χ0n) is 9.85. The van der Waals surface area contributed by atoms with Gasteiger partial charge in [0.2, 0.25) is 0 Å². The van der Waals surface area contributed by atoms with Gasteiger partial charge < -0.3 is 4.74 Å². The molecule has 0 aliphatic carbocycles. The first-order chi connectivity index (χ1) is 8.93. The molecule has 6 heteroatoms. The molecular formula is C13H12O4S2. The van der Waals surface area contributed by atoms with E-state index >= 15 is 0 Å². The molecule has 1 aliphatic rings. The highest BCUT2D eigenvalue weighted by molar-refractivity contribution is 8.26. The number of benzene rings is 2.